The highest BCUT2D eigenvalue weighted by molar-refractivity contribution is 6.30. The van der Waals surface area contributed by atoms with E-state index in [0.29, 0.717) is 28.0 Å². The van der Waals surface area contributed by atoms with Gasteiger partial charge in [0.05, 0.1) is 0 Å². The Morgan fingerprint density at radius 2 is 1.41 bits per heavy atom. The Balaban J connectivity index is 1.23. The summed E-state index contributed by atoms with van der Waals surface area (Å²) in [5.74, 6) is -1.07. The Kier molecular flexibility index (Phi) is 7.87. The molecule has 0 aliphatic rings. The number of benzene rings is 4. The minimum Gasteiger partial charge on any atom is -0.489 e. The third kappa shape index (κ3) is 6.60. The molecule has 1 atom stereocenters. The molecule has 196 valence electrons. The quantitative estimate of drug-likeness (QED) is 0.196. The summed E-state index contributed by atoms with van der Waals surface area (Å²) in [6.07, 6.45) is 0.0967. The van der Waals surface area contributed by atoms with Crippen LogP contribution in [-0.4, -0.2) is 23.0 Å². The number of fused-ring (bicyclic) bond motifs is 1. The molecule has 0 fully saturated rings. The number of aliphatic carboxylic acids is 1. The predicted molar refractivity (Wildman–Crippen MR) is 151 cm³/mol. The smallest absolute Gasteiger partial charge is 0.326 e. The Labute approximate surface area is 234 Å². The molecule has 6 nitrogen and oxygen atoms in total. The molecule has 0 spiro atoms. The SMILES string of the molecule is O=C(NC(Cc1ccc(OCc2ccc(Cl)cc2)cc1)C(=O)O)c1cc2ccc(-c3ccc(Cl)cc3)cc2o1. The first-order valence-corrected chi connectivity index (χ1v) is 12.9. The molecule has 5 rings (SSSR count). The number of hydrogen-bond acceptors (Lipinski definition) is 4. The number of furan rings is 1. The minimum atomic E-state index is -1.15. The van der Waals surface area contributed by atoms with Gasteiger partial charge in [-0.15, -0.1) is 0 Å². The summed E-state index contributed by atoms with van der Waals surface area (Å²) >= 11 is 11.9. The van der Waals surface area contributed by atoms with Gasteiger partial charge in [0.1, 0.15) is 24.0 Å². The van der Waals surface area contributed by atoms with Crippen LogP contribution >= 0.6 is 23.2 Å². The number of amides is 1. The first-order valence-electron chi connectivity index (χ1n) is 12.1. The molecule has 0 saturated heterocycles. The minimum absolute atomic E-state index is 0.0375. The average molecular weight is 560 g/mol. The van der Waals surface area contributed by atoms with Gasteiger partial charge in [0.25, 0.3) is 5.91 Å². The van der Waals surface area contributed by atoms with Crippen molar-refractivity contribution >= 4 is 46.0 Å². The van der Waals surface area contributed by atoms with Crippen LogP contribution in [0, 0.1) is 0 Å². The second kappa shape index (κ2) is 11.6. The highest BCUT2D eigenvalue weighted by Gasteiger charge is 2.23. The van der Waals surface area contributed by atoms with Crippen molar-refractivity contribution in [1.29, 1.82) is 0 Å². The van der Waals surface area contributed by atoms with Gasteiger partial charge in [-0.25, -0.2) is 4.79 Å². The molecule has 39 heavy (non-hydrogen) atoms. The molecular formula is C31H23Cl2NO5. The van der Waals surface area contributed by atoms with Gasteiger partial charge >= 0.3 is 5.97 Å². The van der Waals surface area contributed by atoms with Gasteiger partial charge in [-0.1, -0.05) is 71.7 Å². The third-order valence-corrected chi connectivity index (χ3v) is 6.71. The zero-order valence-corrected chi connectivity index (χ0v) is 22.1. The van der Waals surface area contributed by atoms with Gasteiger partial charge in [-0.2, -0.15) is 0 Å². The summed E-state index contributed by atoms with van der Waals surface area (Å²) in [5, 5.41) is 14.4. The van der Waals surface area contributed by atoms with E-state index in [4.69, 9.17) is 32.4 Å². The lowest BCUT2D eigenvalue weighted by atomic mass is 10.0. The van der Waals surface area contributed by atoms with Crippen molar-refractivity contribution in [2.45, 2.75) is 19.1 Å². The van der Waals surface area contributed by atoms with Crippen LogP contribution in [0.3, 0.4) is 0 Å². The van der Waals surface area contributed by atoms with Gasteiger partial charge in [-0.3, -0.25) is 4.79 Å². The van der Waals surface area contributed by atoms with Crippen LogP contribution in [-0.2, 0) is 17.8 Å². The van der Waals surface area contributed by atoms with Crippen LogP contribution in [0.15, 0.2) is 101 Å². The van der Waals surface area contributed by atoms with E-state index in [2.05, 4.69) is 5.32 Å². The van der Waals surface area contributed by atoms with E-state index in [1.54, 1.807) is 54.6 Å². The molecule has 1 unspecified atom stereocenters. The topological polar surface area (TPSA) is 88.8 Å². The average Bonchev–Trinajstić information content (AvgIpc) is 3.37. The number of carboxylic acid groups (broad SMARTS) is 1. The van der Waals surface area contributed by atoms with Crippen molar-refractivity contribution in [2.75, 3.05) is 0 Å². The summed E-state index contributed by atoms with van der Waals surface area (Å²) in [4.78, 5) is 24.8. The maximum absolute atomic E-state index is 12.9. The molecule has 8 heteroatoms. The zero-order chi connectivity index (χ0) is 27.4. The number of halogens is 2. The second-order valence-corrected chi connectivity index (χ2v) is 9.87. The summed E-state index contributed by atoms with van der Waals surface area (Å²) in [7, 11) is 0. The molecule has 5 aromatic rings. The van der Waals surface area contributed by atoms with Gasteiger partial charge in [0, 0.05) is 21.9 Å². The molecule has 0 saturated carbocycles. The molecule has 0 aliphatic heterocycles. The van der Waals surface area contributed by atoms with Gasteiger partial charge in [0.15, 0.2) is 5.76 Å². The van der Waals surface area contributed by atoms with E-state index in [0.717, 1.165) is 27.6 Å². The van der Waals surface area contributed by atoms with E-state index in [9.17, 15) is 14.7 Å². The normalized spacial score (nSPS) is 11.7. The van der Waals surface area contributed by atoms with E-state index in [1.165, 1.54) is 0 Å². The number of hydrogen-bond donors (Lipinski definition) is 2. The lowest BCUT2D eigenvalue weighted by Gasteiger charge is -2.14. The van der Waals surface area contributed by atoms with Crippen molar-refractivity contribution in [2.24, 2.45) is 0 Å². The Morgan fingerprint density at radius 3 is 2.08 bits per heavy atom. The van der Waals surface area contributed by atoms with Crippen molar-refractivity contribution in [1.82, 2.24) is 5.32 Å². The molecule has 0 bridgehead atoms. The van der Waals surface area contributed by atoms with E-state index in [-0.39, 0.29) is 12.2 Å². The number of carbonyl (C=O) groups excluding carboxylic acids is 1. The zero-order valence-electron chi connectivity index (χ0n) is 20.6. The summed E-state index contributed by atoms with van der Waals surface area (Å²) < 4.78 is 11.6. The highest BCUT2D eigenvalue weighted by atomic mass is 35.5. The summed E-state index contributed by atoms with van der Waals surface area (Å²) in [5.41, 5.74) is 4.09. The largest absolute Gasteiger partial charge is 0.489 e. The molecule has 2 N–H and O–H groups in total. The maximum Gasteiger partial charge on any atom is 0.326 e. The molecule has 1 heterocycles. The van der Waals surface area contributed by atoms with Crippen LogP contribution < -0.4 is 10.1 Å². The fourth-order valence-corrected chi connectivity index (χ4v) is 4.35. The molecule has 0 radical (unpaired) electrons. The monoisotopic (exact) mass is 559 g/mol. The van der Waals surface area contributed by atoms with E-state index >= 15 is 0 Å². The number of carboxylic acids is 1. The number of carbonyl (C=O) groups is 2. The molecule has 4 aromatic carbocycles. The lowest BCUT2D eigenvalue weighted by molar-refractivity contribution is -0.139. The molecular weight excluding hydrogens is 537 g/mol. The standard InChI is InChI=1S/C31H23Cl2NO5/c32-24-9-1-20(2-10-24)18-38-26-13-3-19(4-14-26)15-27(31(36)37)34-30(35)29-17-23-6-5-22(16-28(23)39-29)21-7-11-25(33)12-8-21/h1-14,16-17,27H,15,18H2,(H,34,35)(H,36,37). The fourth-order valence-electron chi connectivity index (χ4n) is 4.10. The fraction of sp³-hybridized carbons (Fsp3) is 0.0968. The highest BCUT2D eigenvalue weighted by Crippen LogP contribution is 2.28. The van der Waals surface area contributed by atoms with Crippen LogP contribution in [0.1, 0.15) is 21.7 Å². The lowest BCUT2D eigenvalue weighted by Crippen LogP contribution is -2.42. The van der Waals surface area contributed by atoms with Crippen LogP contribution in [0.5, 0.6) is 5.75 Å². The molecule has 1 amide bonds. The predicted octanol–water partition coefficient (Wildman–Crippen LogP) is 7.41. The molecule has 0 aliphatic carbocycles. The van der Waals surface area contributed by atoms with E-state index < -0.39 is 17.9 Å². The Hall–Kier alpha value is -4.26. The summed E-state index contributed by atoms with van der Waals surface area (Å²) in [6, 6.07) is 27.9. The maximum atomic E-state index is 12.9. The van der Waals surface area contributed by atoms with Crippen molar-refractivity contribution in [3.63, 3.8) is 0 Å². The first kappa shape index (κ1) is 26.4. The summed E-state index contributed by atoms with van der Waals surface area (Å²) in [6.45, 7) is 0.378. The van der Waals surface area contributed by atoms with Crippen molar-refractivity contribution in [3.05, 3.63) is 124 Å². The van der Waals surface area contributed by atoms with Crippen LogP contribution in [0.4, 0.5) is 0 Å². The molecule has 1 aromatic heterocycles. The van der Waals surface area contributed by atoms with Crippen LogP contribution in [0.2, 0.25) is 10.0 Å². The van der Waals surface area contributed by atoms with Gasteiger partial charge in [0.2, 0.25) is 0 Å². The third-order valence-electron chi connectivity index (χ3n) is 6.21. The number of nitrogens with one attached hydrogen (secondary N) is 1. The first-order chi connectivity index (χ1) is 18.8. The number of rotatable bonds is 9. The second-order valence-electron chi connectivity index (χ2n) is 9.00. The van der Waals surface area contributed by atoms with Crippen molar-refractivity contribution < 1.29 is 23.8 Å². The van der Waals surface area contributed by atoms with Gasteiger partial charge in [-0.05, 0) is 70.8 Å². The number of ether oxygens (including phenoxy) is 1. The van der Waals surface area contributed by atoms with Crippen molar-refractivity contribution in [3.8, 4) is 16.9 Å². The van der Waals surface area contributed by atoms with Gasteiger partial charge < -0.3 is 19.6 Å². The van der Waals surface area contributed by atoms with Crippen LogP contribution in [0.25, 0.3) is 22.1 Å². The Bertz CT molecular complexity index is 1610. The van der Waals surface area contributed by atoms with E-state index in [1.807, 2.05) is 42.5 Å². The Morgan fingerprint density at radius 1 is 0.795 bits per heavy atom.